The highest BCUT2D eigenvalue weighted by atomic mass is 32.2. The molecule has 0 aliphatic heterocycles. The van der Waals surface area contributed by atoms with Crippen LogP contribution in [0.1, 0.15) is 15.9 Å². The molecule has 0 saturated carbocycles. The number of methoxy groups -OCH3 is 1. The Hall–Kier alpha value is -2.01. The van der Waals surface area contributed by atoms with Crippen LogP contribution in [0.4, 0.5) is 0 Å². The van der Waals surface area contributed by atoms with E-state index < -0.39 is 5.97 Å². The number of hydrogen-bond acceptors (Lipinski definition) is 4. The smallest absolute Gasteiger partial charge is 0.338 e. The number of thioether (sulfide) groups is 1. The summed E-state index contributed by atoms with van der Waals surface area (Å²) in [7, 11) is 1.51. The molecule has 1 aromatic carbocycles. The van der Waals surface area contributed by atoms with Gasteiger partial charge in [-0.25, -0.2) is 9.78 Å². The van der Waals surface area contributed by atoms with Crippen LogP contribution in [0, 0.1) is 0 Å². The van der Waals surface area contributed by atoms with Crippen molar-refractivity contribution >= 4 is 17.7 Å². The van der Waals surface area contributed by atoms with E-state index in [0.29, 0.717) is 16.7 Å². The largest absolute Gasteiger partial charge is 0.481 e. The highest BCUT2D eigenvalue weighted by Gasteiger charge is 2.13. The standard InChI is InChI=1S/C14H13NO3S/c1-18-12-8-7-11(14(16)17)13(15-12)19-9-10-5-3-2-4-6-10/h2-8H,9H2,1H3,(H,16,17). The Morgan fingerprint density at radius 1 is 1.26 bits per heavy atom. The van der Waals surface area contributed by atoms with Gasteiger partial charge in [0.15, 0.2) is 0 Å². The van der Waals surface area contributed by atoms with Gasteiger partial charge in [0.2, 0.25) is 5.88 Å². The molecule has 2 rings (SSSR count). The first kappa shape index (κ1) is 13.4. The third kappa shape index (κ3) is 3.48. The molecule has 0 fully saturated rings. The fraction of sp³-hybridized carbons (Fsp3) is 0.143. The summed E-state index contributed by atoms with van der Waals surface area (Å²) in [6, 6.07) is 12.9. The molecule has 1 N–H and O–H groups in total. The Balaban J connectivity index is 2.20. The van der Waals surface area contributed by atoms with E-state index in [9.17, 15) is 4.79 Å². The summed E-state index contributed by atoms with van der Waals surface area (Å²) >= 11 is 1.39. The maximum atomic E-state index is 11.1. The van der Waals surface area contributed by atoms with E-state index in [1.165, 1.54) is 24.9 Å². The van der Waals surface area contributed by atoms with Gasteiger partial charge in [0, 0.05) is 11.8 Å². The van der Waals surface area contributed by atoms with Crippen molar-refractivity contribution < 1.29 is 14.6 Å². The summed E-state index contributed by atoms with van der Waals surface area (Å²) < 4.78 is 5.02. The molecule has 5 heteroatoms. The molecule has 0 aliphatic carbocycles. The zero-order chi connectivity index (χ0) is 13.7. The highest BCUT2D eigenvalue weighted by molar-refractivity contribution is 7.98. The van der Waals surface area contributed by atoms with Crippen molar-refractivity contribution in [1.29, 1.82) is 0 Å². The van der Waals surface area contributed by atoms with Gasteiger partial charge in [-0.1, -0.05) is 30.3 Å². The minimum Gasteiger partial charge on any atom is -0.481 e. The van der Waals surface area contributed by atoms with Gasteiger partial charge in [-0.15, -0.1) is 11.8 Å². The van der Waals surface area contributed by atoms with Crippen molar-refractivity contribution in [2.45, 2.75) is 10.8 Å². The van der Waals surface area contributed by atoms with Gasteiger partial charge >= 0.3 is 5.97 Å². The number of hydrogen-bond donors (Lipinski definition) is 1. The van der Waals surface area contributed by atoms with Crippen LogP contribution in [-0.2, 0) is 5.75 Å². The van der Waals surface area contributed by atoms with Crippen LogP contribution < -0.4 is 4.74 Å². The second-order valence-corrected chi connectivity index (χ2v) is 4.75. The zero-order valence-corrected chi connectivity index (χ0v) is 11.2. The van der Waals surface area contributed by atoms with Crippen molar-refractivity contribution in [1.82, 2.24) is 4.98 Å². The Morgan fingerprint density at radius 2 is 2.00 bits per heavy atom. The van der Waals surface area contributed by atoms with Crippen LogP contribution in [0.5, 0.6) is 5.88 Å². The number of ether oxygens (including phenoxy) is 1. The quantitative estimate of drug-likeness (QED) is 0.850. The molecule has 1 aromatic heterocycles. The number of carbonyl (C=O) groups is 1. The lowest BCUT2D eigenvalue weighted by atomic mass is 10.2. The van der Waals surface area contributed by atoms with Gasteiger partial charge < -0.3 is 9.84 Å². The molecule has 98 valence electrons. The molecule has 1 heterocycles. The molecule has 0 spiro atoms. The summed E-state index contributed by atoms with van der Waals surface area (Å²) in [6.07, 6.45) is 0. The Morgan fingerprint density at radius 3 is 2.63 bits per heavy atom. The second-order valence-electron chi connectivity index (χ2n) is 3.79. The van der Waals surface area contributed by atoms with E-state index >= 15 is 0 Å². The van der Waals surface area contributed by atoms with Crippen molar-refractivity contribution in [2.24, 2.45) is 0 Å². The van der Waals surface area contributed by atoms with Crippen LogP contribution in [0.2, 0.25) is 0 Å². The normalized spacial score (nSPS) is 10.2. The van der Waals surface area contributed by atoms with Gasteiger partial charge in [-0.2, -0.15) is 0 Å². The van der Waals surface area contributed by atoms with E-state index in [2.05, 4.69) is 4.98 Å². The first-order chi connectivity index (χ1) is 9.20. The third-order valence-corrected chi connectivity index (χ3v) is 3.55. The average molecular weight is 275 g/mol. The second kappa shape index (κ2) is 6.24. The fourth-order valence-electron chi connectivity index (χ4n) is 1.54. The number of aromatic nitrogens is 1. The van der Waals surface area contributed by atoms with Crippen LogP contribution in [0.3, 0.4) is 0 Å². The van der Waals surface area contributed by atoms with Crippen LogP contribution in [0.15, 0.2) is 47.5 Å². The van der Waals surface area contributed by atoms with Gasteiger partial charge in [0.25, 0.3) is 0 Å². The molecule has 0 atom stereocenters. The number of pyridine rings is 1. The minimum absolute atomic E-state index is 0.196. The molecule has 19 heavy (non-hydrogen) atoms. The molecule has 0 bridgehead atoms. The summed E-state index contributed by atoms with van der Waals surface area (Å²) in [5, 5.41) is 9.60. The van der Waals surface area contributed by atoms with Crippen molar-refractivity contribution in [3.63, 3.8) is 0 Å². The molecule has 0 unspecified atom stereocenters. The number of carboxylic acid groups (broad SMARTS) is 1. The lowest BCUT2D eigenvalue weighted by Gasteiger charge is -2.07. The van der Waals surface area contributed by atoms with Gasteiger partial charge in [-0.3, -0.25) is 0 Å². The van der Waals surface area contributed by atoms with Gasteiger partial charge in [0.05, 0.1) is 12.7 Å². The van der Waals surface area contributed by atoms with Crippen LogP contribution in [-0.4, -0.2) is 23.2 Å². The number of nitrogens with zero attached hydrogens (tertiary/aromatic N) is 1. The Kier molecular flexibility index (Phi) is 4.41. The fourth-order valence-corrected chi connectivity index (χ4v) is 2.50. The first-order valence-corrected chi connectivity index (χ1v) is 6.64. The maximum absolute atomic E-state index is 11.1. The predicted octanol–water partition coefficient (Wildman–Crippen LogP) is 3.08. The maximum Gasteiger partial charge on any atom is 0.338 e. The molecular weight excluding hydrogens is 262 g/mol. The average Bonchev–Trinajstić information content (AvgIpc) is 2.45. The molecule has 4 nitrogen and oxygen atoms in total. The molecular formula is C14H13NO3S. The van der Waals surface area contributed by atoms with Crippen molar-refractivity contribution in [2.75, 3.05) is 7.11 Å². The number of aromatic carboxylic acids is 1. The van der Waals surface area contributed by atoms with E-state index in [-0.39, 0.29) is 5.56 Å². The van der Waals surface area contributed by atoms with Gasteiger partial charge in [-0.05, 0) is 11.6 Å². The van der Waals surface area contributed by atoms with E-state index in [1.54, 1.807) is 6.07 Å². The highest BCUT2D eigenvalue weighted by Crippen LogP contribution is 2.26. The molecule has 2 aromatic rings. The summed E-state index contributed by atoms with van der Waals surface area (Å²) in [6.45, 7) is 0. The molecule has 0 saturated heterocycles. The van der Waals surface area contributed by atoms with Crippen molar-refractivity contribution in [3.05, 3.63) is 53.6 Å². The summed E-state index contributed by atoms with van der Waals surface area (Å²) in [4.78, 5) is 15.3. The third-order valence-electron chi connectivity index (χ3n) is 2.49. The monoisotopic (exact) mass is 275 g/mol. The predicted molar refractivity (Wildman–Crippen MR) is 73.8 cm³/mol. The van der Waals surface area contributed by atoms with E-state index in [1.807, 2.05) is 30.3 Å². The minimum atomic E-state index is -0.981. The number of carboxylic acids is 1. The molecule has 0 radical (unpaired) electrons. The van der Waals surface area contributed by atoms with E-state index in [4.69, 9.17) is 9.84 Å². The Bertz CT molecular complexity index is 572. The van der Waals surface area contributed by atoms with Crippen LogP contribution >= 0.6 is 11.8 Å². The van der Waals surface area contributed by atoms with Crippen LogP contribution in [0.25, 0.3) is 0 Å². The lowest BCUT2D eigenvalue weighted by Crippen LogP contribution is -2.02. The SMILES string of the molecule is COc1ccc(C(=O)O)c(SCc2ccccc2)n1. The molecule has 0 amide bonds. The Labute approximate surface area is 115 Å². The lowest BCUT2D eigenvalue weighted by molar-refractivity contribution is 0.0692. The first-order valence-electron chi connectivity index (χ1n) is 5.66. The van der Waals surface area contributed by atoms with E-state index in [0.717, 1.165) is 5.56 Å². The number of benzene rings is 1. The molecule has 0 aliphatic rings. The summed E-state index contributed by atoms with van der Waals surface area (Å²) in [5.41, 5.74) is 1.31. The summed E-state index contributed by atoms with van der Waals surface area (Å²) in [5.74, 6) is 0.104. The zero-order valence-electron chi connectivity index (χ0n) is 10.4. The van der Waals surface area contributed by atoms with Crippen molar-refractivity contribution in [3.8, 4) is 5.88 Å². The number of rotatable bonds is 5. The van der Waals surface area contributed by atoms with Gasteiger partial charge in [0.1, 0.15) is 5.03 Å². The topological polar surface area (TPSA) is 59.4 Å².